The highest BCUT2D eigenvalue weighted by Gasteiger charge is 2.37. The van der Waals surface area contributed by atoms with Crippen LogP contribution in [0.3, 0.4) is 0 Å². The lowest BCUT2D eigenvalue weighted by Crippen LogP contribution is -2.61. The Hall–Kier alpha value is -5.20. The van der Waals surface area contributed by atoms with Gasteiger partial charge in [-0.1, -0.05) is 64.1 Å². The summed E-state index contributed by atoms with van der Waals surface area (Å²) < 4.78 is 14.0. The first-order chi connectivity index (χ1) is 26.7. The van der Waals surface area contributed by atoms with Gasteiger partial charge < -0.3 is 29.4 Å². The molecule has 1 fully saturated rings. The van der Waals surface area contributed by atoms with E-state index < -0.39 is 41.3 Å². The van der Waals surface area contributed by atoms with Crippen molar-refractivity contribution in [3.8, 4) is 28.1 Å². The van der Waals surface area contributed by atoms with E-state index in [0.29, 0.717) is 50.9 Å². The maximum Gasteiger partial charge on any atom is 0.324 e. The number of aromatic nitrogens is 1. The first-order valence-corrected chi connectivity index (χ1v) is 19.5. The Labute approximate surface area is 329 Å². The Kier molecular flexibility index (Phi) is 12.2. The molecule has 0 aliphatic carbocycles. The van der Waals surface area contributed by atoms with Crippen molar-refractivity contribution in [3.63, 3.8) is 0 Å². The summed E-state index contributed by atoms with van der Waals surface area (Å²) in [6, 6.07) is 17.1. The second-order valence-electron chi connectivity index (χ2n) is 16.3. The normalized spacial score (nSPS) is 19.3. The van der Waals surface area contributed by atoms with Crippen LogP contribution in [-0.4, -0.2) is 89.2 Å². The number of carbonyl (C=O) groups is 4. The van der Waals surface area contributed by atoms with Crippen LogP contribution in [0.4, 0.5) is 0 Å². The van der Waals surface area contributed by atoms with Gasteiger partial charge in [0.25, 0.3) is 5.91 Å². The molecule has 56 heavy (non-hydrogen) atoms. The number of nitrogens with one attached hydrogen (secondary N) is 2. The lowest BCUT2D eigenvalue weighted by Gasteiger charge is -2.36. The first-order valence-electron chi connectivity index (χ1n) is 19.5. The molecule has 6 bridgehead atoms. The number of cyclic esters (lactones) is 1. The standard InChI is InChI=1S/C44H55N5O7/c1-8-48-38-16-15-29-22-34(38)35(40(48)33-13-10-9-12-30(33)24-55-7)23-44(4,5)25-56-43(54)36-14-11-17-49(46-36)42(53)37(20-28-18-31(29)21-32(51)19-28)45-41(52)39(27(2)3)47(6)26-50/h9-10,12-13,15-16,18-19,21-22,26-27,36-37,39,46,51H,8,11,14,17,20,23-25H2,1-7H3,(H,45,52)/t36-,37-,39?/m0/s1. The molecule has 0 radical (unpaired) electrons. The number of methoxy groups -OCH3 is 1. The van der Waals surface area contributed by atoms with E-state index in [2.05, 4.69) is 60.3 Å². The number of benzene rings is 3. The number of hydrazine groups is 1. The molecule has 3 aromatic carbocycles. The molecule has 6 rings (SSSR count). The molecule has 2 aliphatic rings. The van der Waals surface area contributed by atoms with E-state index in [0.717, 1.165) is 44.4 Å². The van der Waals surface area contributed by atoms with Gasteiger partial charge in [-0.3, -0.25) is 24.2 Å². The molecular formula is C44H55N5O7. The van der Waals surface area contributed by atoms with Gasteiger partial charge in [0.05, 0.1) is 18.9 Å². The van der Waals surface area contributed by atoms with Crippen LogP contribution in [0.25, 0.3) is 33.3 Å². The number of ether oxygens (including phenoxy) is 2. The lowest BCUT2D eigenvalue weighted by molar-refractivity contribution is -0.155. The molecule has 3 atom stereocenters. The predicted molar refractivity (Wildman–Crippen MR) is 215 cm³/mol. The van der Waals surface area contributed by atoms with Gasteiger partial charge in [-0.15, -0.1) is 0 Å². The molecule has 0 saturated carbocycles. The molecular weight excluding hydrogens is 711 g/mol. The van der Waals surface area contributed by atoms with Crippen LogP contribution in [0.1, 0.15) is 64.2 Å². The fraction of sp³-hybridized carbons (Fsp3) is 0.455. The number of aryl methyl sites for hydroxylation is 1. The minimum absolute atomic E-state index is 0.0193. The highest BCUT2D eigenvalue weighted by atomic mass is 16.5. The Morgan fingerprint density at radius 1 is 1.12 bits per heavy atom. The number of phenols is 1. The van der Waals surface area contributed by atoms with Crippen LogP contribution in [0, 0.1) is 11.3 Å². The van der Waals surface area contributed by atoms with Gasteiger partial charge >= 0.3 is 5.97 Å². The maximum atomic E-state index is 14.3. The number of rotatable bonds is 9. The average Bonchev–Trinajstić information content (AvgIpc) is 3.47. The van der Waals surface area contributed by atoms with Gasteiger partial charge in [0.2, 0.25) is 12.3 Å². The van der Waals surface area contributed by atoms with E-state index in [1.165, 1.54) is 17.0 Å². The SMILES string of the molecule is CCn1c(-c2ccccc2COC)c2c3cc(ccc31)-c1cc(O)cc(c1)C[C@H](NC(=O)C(C(C)C)N(C)C=O)C(=O)N1CCC[C@H](N1)C(=O)OCC(C)(C)C2. The third kappa shape index (κ3) is 8.46. The van der Waals surface area contributed by atoms with Gasteiger partial charge in [0.1, 0.15) is 23.9 Å². The van der Waals surface area contributed by atoms with Gasteiger partial charge in [0, 0.05) is 55.5 Å². The molecule has 3 heterocycles. The summed E-state index contributed by atoms with van der Waals surface area (Å²) >= 11 is 0. The summed E-state index contributed by atoms with van der Waals surface area (Å²) in [7, 11) is 3.23. The van der Waals surface area contributed by atoms with E-state index in [4.69, 9.17) is 9.47 Å². The Balaban J connectivity index is 1.53. The molecule has 3 amide bonds. The van der Waals surface area contributed by atoms with Crippen molar-refractivity contribution in [1.29, 1.82) is 0 Å². The molecule has 4 aromatic rings. The third-order valence-corrected chi connectivity index (χ3v) is 10.9. The minimum atomic E-state index is -1.08. The second-order valence-corrected chi connectivity index (χ2v) is 16.3. The number of hydrogen-bond donors (Lipinski definition) is 3. The third-order valence-electron chi connectivity index (χ3n) is 10.9. The molecule has 1 unspecified atom stereocenters. The molecule has 3 N–H and O–H groups in total. The topological polar surface area (TPSA) is 142 Å². The van der Waals surface area contributed by atoms with Crippen LogP contribution in [0.2, 0.25) is 0 Å². The number of carbonyl (C=O) groups excluding carboxylic acids is 4. The first kappa shape index (κ1) is 40.5. The van der Waals surface area contributed by atoms with Gasteiger partial charge in [-0.05, 0) is 84.2 Å². The largest absolute Gasteiger partial charge is 0.508 e. The highest BCUT2D eigenvalue weighted by molar-refractivity contribution is 5.96. The number of fused-ring (bicyclic) bond motifs is 6. The fourth-order valence-electron chi connectivity index (χ4n) is 8.33. The molecule has 12 heteroatoms. The van der Waals surface area contributed by atoms with Crippen LogP contribution in [0.15, 0.2) is 60.7 Å². The zero-order valence-corrected chi connectivity index (χ0v) is 33.6. The van der Waals surface area contributed by atoms with Gasteiger partial charge in [-0.25, -0.2) is 5.43 Å². The Morgan fingerprint density at radius 2 is 1.89 bits per heavy atom. The van der Waals surface area contributed by atoms with Crippen molar-refractivity contribution < 1.29 is 33.8 Å². The summed E-state index contributed by atoms with van der Waals surface area (Å²) in [5.74, 6) is -1.59. The number of nitrogens with zero attached hydrogens (tertiary/aromatic N) is 3. The number of hydrogen-bond acceptors (Lipinski definition) is 8. The summed E-state index contributed by atoms with van der Waals surface area (Å²) in [6.07, 6.45) is 2.25. The van der Waals surface area contributed by atoms with Crippen LogP contribution < -0.4 is 10.7 Å². The molecule has 12 nitrogen and oxygen atoms in total. The van der Waals surface area contributed by atoms with Crippen molar-refractivity contribution in [2.24, 2.45) is 11.3 Å². The van der Waals surface area contributed by atoms with E-state index in [-0.39, 0.29) is 24.7 Å². The number of likely N-dealkylation sites (N-methyl/N-ethyl adjacent to an activating group) is 1. The molecule has 2 aliphatic heterocycles. The van der Waals surface area contributed by atoms with Crippen molar-refractivity contribution in [2.45, 2.75) is 91.6 Å². The van der Waals surface area contributed by atoms with Gasteiger partial charge in [-0.2, -0.15) is 0 Å². The predicted octanol–water partition coefficient (Wildman–Crippen LogP) is 5.61. The van der Waals surface area contributed by atoms with E-state index >= 15 is 0 Å². The van der Waals surface area contributed by atoms with Crippen LogP contribution >= 0.6 is 0 Å². The Bertz CT molecular complexity index is 2110. The maximum absolute atomic E-state index is 14.3. The lowest BCUT2D eigenvalue weighted by atomic mass is 9.84. The Morgan fingerprint density at radius 3 is 2.61 bits per heavy atom. The quantitative estimate of drug-likeness (QED) is 0.148. The number of amides is 3. The van der Waals surface area contributed by atoms with Crippen molar-refractivity contribution >= 4 is 35.1 Å². The number of phenolic OH excluding ortho intramolecular Hbond substituents is 1. The number of esters is 1. The number of aromatic hydroxyl groups is 1. The van der Waals surface area contributed by atoms with Gasteiger partial charge in [0.15, 0.2) is 0 Å². The zero-order valence-electron chi connectivity index (χ0n) is 33.6. The average molecular weight is 766 g/mol. The second kappa shape index (κ2) is 16.9. The van der Waals surface area contributed by atoms with Crippen molar-refractivity contribution in [1.82, 2.24) is 25.2 Å². The summed E-state index contributed by atoms with van der Waals surface area (Å²) in [5, 5.41) is 16.5. The summed E-state index contributed by atoms with van der Waals surface area (Å²) in [6.45, 7) is 11.6. The van der Waals surface area contributed by atoms with E-state index in [9.17, 15) is 24.3 Å². The zero-order chi connectivity index (χ0) is 40.3. The van der Waals surface area contributed by atoms with Crippen LogP contribution in [0.5, 0.6) is 5.75 Å². The fourth-order valence-corrected chi connectivity index (χ4v) is 8.33. The van der Waals surface area contributed by atoms with E-state index in [1.54, 1.807) is 19.2 Å². The molecule has 1 saturated heterocycles. The van der Waals surface area contributed by atoms with Crippen LogP contribution in [-0.2, 0) is 54.6 Å². The van der Waals surface area contributed by atoms with Crippen molar-refractivity contribution in [3.05, 3.63) is 77.4 Å². The monoisotopic (exact) mass is 765 g/mol. The molecule has 0 spiro atoms. The summed E-state index contributed by atoms with van der Waals surface area (Å²) in [4.78, 5) is 54.9. The van der Waals surface area contributed by atoms with E-state index in [1.807, 2.05) is 38.1 Å². The van der Waals surface area contributed by atoms with Crippen molar-refractivity contribution in [2.75, 3.05) is 27.3 Å². The molecule has 298 valence electrons. The molecule has 1 aromatic heterocycles. The highest BCUT2D eigenvalue weighted by Crippen LogP contribution is 2.41. The smallest absolute Gasteiger partial charge is 0.324 e. The summed E-state index contributed by atoms with van der Waals surface area (Å²) in [5.41, 5.74) is 10.2. The minimum Gasteiger partial charge on any atom is -0.508 e.